The van der Waals surface area contributed by atoms with Crippen molar-refractivity contribution in [2.45, 2.75) is 0 Å². The van der Waals surface area contributed by atoms with E-state index in [0.717, 1.165) is 31.4 Å². The van der Waals surface area contributed by atoms with Crippen LogP contribution in [0, 0.1) is 15.9 Å². The lowest BCUT2D eigenvalue weighted by atomic mass is 10.1. The molecule has 0 aliphatic carbocycles. The average Bonchev–Trinajstić information content (AvgIpc) is 2.29. The molecule has 0 unspecified atom stereocenters. The number of benzene rings is 1. The number of nitro benzene ring substituents is 1. The predicted molar refractivity (Wildman–Crippen MR) is 55.8 cm³/mol. The van der Waals surface area contributed by atoms with Gasteiger partial charge in [0.15, 0.2) is 5.82 Å². The van der Waals surface area contributed by atoms with Crippen LogP contribution >= 0.6 is 0 Å². The third-order valence-electron chi connectivity index (χ3n) is 1.88. The quantitative estimate of drug-likeness (QED) is 0.376. The molecule has 1 N–H and O–H groups in total. The molecule has 0 aromatic heterocycles. The van der Waals surface area contributed by atoms with Crippen LogP contribution in [0.2, 0.25) is 0 Å². The zero-order chi connectivity index (χ0) is 13.0. The molecule has 0 aliphatic rings. The maximum atomic E-state index is 13.1. The third kappa shape index (κ3) is 3.00. The molecular weight excluding hydrogens is 233 g/mol. The molecule has 1 aromatic rings. The van der Waals surface area contributed by atoms with Gasteiger partial charge in [-0.15, -0.1) is 0 Å². The number of nitro groups is 1. The van der Waals surface area contributed by atoms with Gasteiger partial charge in [-0.2, -0.15) is 0 Å². The third-order valence-corrected chi connectivity index (χ3v) is 1.88. The lowest BCUT2D eigenvalue weighted by Gasteiger charge is -1.99. The van der Waals surface area contributed by atoms with Crippen molar-refractivity contribution in [2.24, 2.45) is 0 Å². The lowest BCUT2D eigenvalue weighted by Crippen LogP contribution is -1.94. The summed E-state index contributed by atoms with van der Waals surface area (Å²) in [6, 6.07) is 1.81. The Bertz CT molecular complexity index is 498. The molecule has 0 saturated heterocycles. The predicted octanol–water partition coefficient (Wildman–Crippen LogP) is 1.63. The van der Waals surface area contributed by atoms with Crippen LogP contribution in [-0.4, -0.2) is 23.1 Å². The molecule has 0 bridgehead atoms. The molecule has 90 valence electrons. The van der Waals surface area contributed by atoms with E-state index in [0.29, 0.717) is 0 Å². The molecule has 7 heteroatoms. The van der Waals surface area contributed by atoms with Gasteiger partial charge in [-0.05, 0) is 17.7 Å². The Kier molecular flexibility index (Phi) is 3.76. The summed E-state index contributed by atoms with van der Waals surface area (Å²) >= 11 is 0. The highest BCUT2D eigenvalue weighted by Gasteiger charge is 2.18. The zero-order valence-corrected chi connectivity index (χ0v) is 8.71. The van der Waals surface area contributed by atoms with E-state index >= 15 is 0 Å². The zero-order valence-electron chi connectivity index (χ0n) is 8.71. The van der Waals surface area contributed by atoms with Gasteiger partial charge in [0, 0.05) is 12.1 Å². The first-order chi connectivity index (χ1) is 7.95. The van der Waals surface area contributed by atoms with Crippen LogP contribution in [0.4, 0.5) is 10.1 Å². The molecule has 0 spiro atoms. The number of esters is 1. The summed E-state index contributed by atoms with van der Waals surface area (Å²) in [6.07, 6.45) is 2.12. The Morgan fingerprint density at radius 1 is 1.59 bits per heavy atom. The number of hydrogen-bond donors (Lipinski definition) is 1. The molecule has 0 atom stereocenters. The van der Waals surface area contributed by atoms with Crippen molar-refractivity contribution in [2.75, 3.05) is 7.11 Å². The van der Waals surface area contributed by atoms with Gasteiger partial charge >= 0.3 is 11.7 Å². The number of hydrogen-bond acceptors (Lipinski definition) is 5. The van der Waals surface area contributed by atoms with E-state index in [1.165, 1.54) is 0 Å². The van der Waals surface area contributed by atoms with Crippen LogP contribution < -0.4 is 0 Å². The number of phenolic OH excluding ortho intramolecular Hbond substituents is 1. The second-order valence-electron chi connectivity index (χ2n) is 2.98. The summed E-state index contributed by atoms with van der Waals surface area (Å²) < 4.78 is 17.4. The minimum atomic E-state index is -1.14. The van der Waals surface area contributed by atoms with Gasteiger partial charge in [0.1, 0.15) is 0 Å². The largest absolute Gasteiger partial charge is 0.500 e. The topological polar surface area (TPSA) is 89.7 Å². The normalized spacial score (nSPS) is 10.5. The van der Waals surface area contributed by atoms with Gasteiger partial charge in [-0.1, -0.05) is 0 Å². The summed E-state index contributed by atoms with van der Waals surface area (Å²) in [5, 5.41) is 19.6. The molecule has 0 amide bonds. The van der Waals surface area contributed by atoms with Gasteiger partial charge in [0.2, 0.25) is 5.75 Å². The van der Waals surface area contributed by atoms with E-state index in [9.17, 15) is 19.3 Å². The molecule has 17 heavy (non-hydrogen) atoms. The number of aromatic hydroxyl groups is 1. The highest BCUT2D eigenvalue weighted by Crippen LogP contribution is 2.30. The Morgan fingerprint density at radius 3 is 2.76 bits per heavy atom. The van der Waals surface area contributed by atoms with Crippen molar-refractivity contribution in [3.8, 4) is 5.75 Å². The van der Waals surface area contributed by atoms with E-state index in [1.54, 1.807) is 0 Å². The molecule has 1 aromatic carbocycles. The van der Waals surface area contributed by atoms with Gasteiger partial charge in [0.25, 0.3) is 0 Å². The van der Waals surface area contributed by atoms with Crippen molar-refractivity contribution in [3.63, 3.8) is 0 Å². The second kappa shape index (κ2) is 5.06. The van der Waals surface area contributed by atoms with Gasteiger partial charge in [-0.3, -0.25) is 10.1 Å². The van der Waals surface area contributed by atoms with Crippen molar-refractivity contribution >= 4 is 17.7 Å². The van der Waals surface area contributed by atoms with Crippen LogP contribution in [0.1, 0.15) is 5.56 Å². The molecule has 1 rings (SSSR count). The monoisotopic (exact) mass is 241 g/mol. The Labute approximate surface area is 95.1 Å². The smallest absolute Gasteiger partial charge is 0.330 e. The molecular formula is C10H8FNO5. The van der Waals surface area contributed by atoms with E-state index in [2.05, 4.69) is 4.74 Å². The molecule has 6 nitrogen and oxygen atoms in total. The van der Waals surface area contributed by atoms with Gasteiger partial charge in [0.05, 0.1) is 12.0 Å². The van der Waals surface area contributed by atoms with Gasteiger partial charge in [-0.25, -0.2) is 9.18 Å². The number of carbonyl (C=O) groups excluding carboxylic acids is 1. The fraction of sp³-hybridized carbons (Fsp3) is 0.100. The summed E-state index contributed by atoms with van der Waals surface area (Å²) in [5.74, 6) is -2.85. The Morgan fingerprint density at radius 2 is 2.24 bits per heavy atom. The Balaban J connectivity index is 3.15. The van der Waals surface area contributed by atoms with Gasteiger partial charge < -0.3 is 9.84 Å². The molecule has 0 fully saturated rings. The fourth-order valence-electron chi connectivity index (χ4n) is 1.07. The first-order valence-corrected chi connectivity index (χ1v) is 4.38. The fourth-order valence-corrected chi connectivity index (χ4v) is 1.07. The van der Waals surface area contributed by atoms with Crippen LogP contribution in [0.3, 0.4) is 0 Å². The standard InChI is InChI=1S/C10H8FNO5/c1-17-9(13)3-2-6-4-7(11)10(14)8(5-6)12(15)16/h2-5,14H,1H3. The maximum absolute atomic E-state index is 13.1. The van der Waals surface area contributed by atoms with Crippen LogP contribution in [0.15, 0.2) is 18.2 Å². The highest BCUT2D eigenvalue weighted by atomic mass is 19.1. The molecule has 0 aliphatic heterocycles. The van der Waals surface area contributed by atoms with Crippen molar-refractivity contribution in [1.29, 1.82) is 0 Å². The number of rotatable bonds is 3. The highest BCUT2D eigenvalue weighted by molar-refractivity contribution is 5.87. The van der Waals surface area contributed by atoms with Crippen molar-refractivity contribution in [3.05, 3.63) is 39.7 Å². The summed E-state index contributed by atoms with van der Waals surface area (Å²) in [5.41, 5.74) is -0.702. The summed E-state index contributed by atoms with van der Waals surface area (Å²) in [6.45, 7) is 0. The minimum Gasteiger partial charge on any atom is -0.500 e. The molecule has 0 heterocycles. The maximum Gasteiger partial charge on any atom is 0.330 e. The van der Waals surface area contributed by atoms with Crippen LogP contribution in [0.5, 0.6) is 5.75 Å². The first kappa shape index (κ1) is 12.6. The summed E-state index contributed by atoms with van der Waals surface area (Å²) in [4.78, 5) is 20.3. The van der Waals surface area contributed by atoms with E-state index in [4.69, 9.17) is 5.11 Å². The van der Waals surface area contributed by atoms with Crippen LogP contribution in [-0.2, 0) is 9.53 Å². The number of methoxy groups -OCH3 is 1. The average molecular weight is 241 g/mol. The van der Waals surface area contributed by atoms with E-state index < -0.39 is 28.1 Å². The van der Waals surface area contributed by atoms with Crippen LogP contribution in [0.25, 0.3) is 6.08 Å². The first-order valence-electron chi connectivity index (χ1n) is 4.38. The minimum absolute atomic E-state index is 0.0670. The number of carbonyl (C=O) groups is 1. The molecule has 0 radical (unpaired) electrons. The number of ether oxygens (including phenoxy) is 1. The van der Waals surface area contributed by atoms with E-state index in [-0.39, 0.29) is 5.56 Å². The second-order valence-corrected chi connectivity index (χ2v) is 2.98. The number of phenols is 1. The van der Waals surface area contributed by atoms with Crippen molar-refractivity contribution in [1.82, 2.24) is 0 Å². The lowest BCUT2D eigenvalue weighted by molar-refractivity contribution is -0.386. The molecule has 0 saturated carbocycles. The summed E-state index contributed by atoms with van der Waals surface area (Å²) in [7, 11) is 1.16. The number of halogens is 1. The number of nitrogens with zero attached hydrogens (tertiary/aromatic N) is 1. The SMILES string of the molecule is COC(=O)C=Cc1cc(F)c(O)c([N+](=O)[O-])c1. The van der Waals surface area contributed by atoms with E-state index in [1.807, 2.05) is 0 Å². The van der Waals surface area contributed by atoms with Crippen molar-refractivity contribution < 1.29 is 24.0 Å². The Hall–Kier alpha value is -2.44.